The molecule has 2 aromatic carbocycles. The van der Waals surface area contributed by atoms with Crippen LogP contribution in [0, 0.1) is 5.92 Å². The zero-order valence-corrected chi connectivity index (χ0v) is 23.4. The van der Waals surface area contributed by atoms with E-state index in [0.29, 0.717) is 12.2 Å². The van der Waals surface area contributed by atoms with Crippen LogP contribution in [0.3, 0.4) is 0 Å². The highest BCUT2D eigenvalue weighted by molar-refractivity contribution is 5.90. The maximum atomic E-state index is 12.0. The number of esters is 1. The molecule has 0 aliphatic heterocycles. The van der Waals surface area contributed by atoms with E-state index in [2.05, 4.69) is 66.7 Å². The summed E-state index contributed by atoms with van der Waals surface area (Å²) in [5.41, 5.74) is 9.33. The number of ether oxygens (including phenoxy) is 1. The molecule has 0 fully saturated rings. The van der Waals surface area contributed by atoms with Gasteiger partial charge in [0.1, 0.15) is 0 Å². The number of carbonyl (C=O) groups is 1. The van der Waals surface area contributed by atoms with Crippen LogP contribution in [0.15, 0.2) is 36.4 Å². The average Bonchev–Trinajstić information content (AvgIpc) is 2.83. The molecule has 3 rings (SSSR count). The van der Waals surface area contributed by atoms with Crippen molar-refractivity contribution in [1.29, 1.82) is 0 Å². The van der Waals surface area contributed by atoms with Gasteiger partial charge < -0.3 is 4.74 Å². The minimum atomic E-state index is -0.261. The maximum Gasteiger partial charge on any atom is 0.338 e. The van der Waals surface area contributed by atoms with E-state index in [-0.39, 0.29) is 16.8 Å². The van der Waals surface area contributed by atoms with Crippen LogP contribution in [0.1, 0.15) is 126 Å². The van der Waals surface area contributed by atoms with E-state index in [1.165, 1.54) is 54.4 Å². The average molecular weight is 475 g/mol. The Morgan fingerprint density at radius 1 is 0.943 bits per heavy atom. The van der Waals surface area contributed by atoms with E-state index in [0.717, 1.165) is 17.9 Å². The van der Waals surface area contributed by atoms with Gasteiger partial charge in [0.15, 0.2) is 0 Å². The highest BCUT2D eigenvalue weighted by Crippen LogP contribution is 2.47. The van der Waals surface area contributed by atoms with Gasteiger partial charge in [0.05, 0.1) is 12.2 Å². The molecule has 2 heteroatoms. The summed E-state index contributed by atoms with van der Waals surface area (Å²) in [5.74, 6) is 0.519. The van der Waals surface area contributed by atoms with E-state index in [4.69, 9.17) is 4.74 Å². The Balaban J connectivity index is 2.05. The molecular weight excluding hydrogens is 428 g/mol. The van der Waals surface area contributed by atoms with Crippen LogP contribution < -0.4 is 0 Å². The molecule has 1 aliphatic rings. The molecule has 1 aliphatic carbocycles. The summed E-state index contributed by atoms with van der Waals surface area (Å²) in [4.78, 5) is 12.0. The standard InChI is InChI=1S/C33H46O2/c1-9-24(10-2)12-17-27-21-29-30(33(7,8)19-18-32(29,5)6)22-28(27)23(4)20-25-13-15-26(16-14-25)31(34)35-11-3/h13-16,20-22,24H,9-12,17-19H2,1-8H3/b23-20+. The quantitative estimate of drug-likeness (QED) is 0.267. The Morgan fingerprint density at radius 3 is 2.06 bits per heavy atom. The van der Waals surface area contributed by atoms with Crippen LogP contribution in [0.4, 0.5) is 0 Å². The molecule has 2 aromatic rings. The third kappa shape index (κ3) is 6.26. The van der Waals surface area contributed by atoms with Gasteiger partial charge in [-0.05, 0) is 102 Å². The van der Waals surface area contributed by atoms with E-state index in [1.807, 2.05) is 31.2 Å². The fraction of sp³-hybridized carbons (Fsp3) is 0.545. The normalized spacial score (nSPS) is 16.8. The number of aryl methyl sites for hydroxylation is 1. The van der Waals surface area contributed by atoms with Gasteiger partial charge in [0.2, 0.25) is 0 Å². The number of allylic oxidation sites excluding steroid dienone is 1. The molecule has 0 radical (unpaired) electrons. The van der Waals surface area contributed by atoms with Gasteiger partial charge in [-0.15, -0.1) is 0 Å². The van der Waals surface area contributed by atoms with Gasteiger partial charge in [-0.25, -0.2) is 4.79 Å². The first-order valence-electron chi connectivity index (χ1n) is 13.7. The molecule has 0 unspecified atom stereocenters. The fourth-order valence-corrected chi connectivity index (χ4v) is 5.55. The van der Waals surface area contributed by atoms with E-state index < -0.39 is 0 Å². The van der Waals surface area contributed by atoms with Crippen LogP contribution in [-0.4, -0.2) is 12.6 Å². The van der Waals surface area contributed by atoms with Crippen LogP contribution >= 0.6 is 0 Å². The molecule has 0 N–H and O–H groups in total. The second kappa shape index (κ2) is 11.1. The summed E-state index contributed by atoms with van der Waals surface area (Å²) in [6.45, 7) is 18.7. The number of hydrogen-bond donors (Lipinski definition) is 0. The number of carbonyl (C=O) groups excluding carboxylic acids is 1. The SMILES string of the molecule is CCOC(=O)c1ccc(/C=C(\C)c2cc3c(cc2CCC(CC)CC)C(C)(C)CCC3(C)C)cc1. The minimum absolute atomic E-state index is 0.190. The zero-order chi connectivity index (χ0) is 25.8. The van der Waals surface area contributed by atoms with Crippen LogP contribution in [-0.2, 0) is 22.0 Å². The van der Waals surface area contributed by atoms with Crippen molar-refractivity contribution in [1.82, 2.24) is 0 Å². The number of rotatable bonds is 9. The first kappa shape index (κ1) is 27.2. The molecule has 0 bridgehead atoms. The Hall–Kier alpha value is -2.35. The summed E-state index contributed by atoms with van der Waals surface area (Å²) in [6, 6.07) is 12.8. The highest BCUT2D eigenvalue weighted by Gasteiger charge is 2.37. The predicted molar refractivity (Wildman–Crippen MR) is 150 cm³/mol. The fourth-order valence-electron chi connectivity index (χ4n) is 5.55. The van der Waals surface area contributed by atoms with Gasteiger partial charge in [-0.2, -0.15) is 0 Å². The summed E-state index contributed by atoms with van der Waals surface area (Å²) in [5, 5.41) is 0. The molecule has 0 saturated carbocycles. The molecule has 0 spiro atoms. The third-order valence-corrected chi connectivity index (χ3v) is 8.28. The van der Waals surface area contributed by atoms with Crippen molar-refractivity contribution in [3.8, 4) is 0 Å². The lowest BCUT2D eigenvalue weighted by molar-refractivity contribution is 0.0526. The lowest BCUT2D eigenvalue weighted by atomic mass is 9.62. The predicted octanol–water partition coefficient (Wildman–Crippen LogP) is 9.14. The van der Waals surface area contributed by atoms with Crippen molar-refractivity contribution in [3.63, 3.8) is 0 Å². The van der Waals surface area contributed by atoms with Crippen molar-refractivity contribution in [2.24, 2.45) is 5.92 Å². The number of fused-ring (bicyclic) bond motifs is 1. The molecule has 35 heavy (non-hydrogen) atoms. The van der Waals surface area contributed by atoms with Crippen molar-refractivity contribution in [3.05, 3.63) is 69.8 Å². The maximum absolute atomic E-state index is 12.0. The summed E-state index contributed by atoms with van der Waals surface area (Å²) in [6.07, 6.45) is 9.58. The minimum Gasteiger partial charge on any atom is -0.462 e. The van der Waals surface area contributed by atoms with Gasteiger partial charge in [0, 0.05) is 0 Å². The van der Waals surface area contributed by atoms with Crippen LogP contribution in [0.2, 0.25) is 0 Å². The van der Waals surface area contributed by atoms with Crippen molar-refractivity contribution in [2.45, 2.75) is 105 Å². The molecule has 2 nitrogen and oxygen atoms in total. The Bertz CT molecular complexity index is 1050. The van der Waals surface area contributed by atoms with Crippen LogP contribution in [0.25, 0.3) is 11.6 Å². The van der Waals surface area contributed by atoms with Crippen molar-refractivity contribution >= 4 is 17.6 Å². The van der Waals surface area contributed by atoms with E-state index in [9.17, 15) is 4.79 Å². The smallest absolute Gasteiger partial charge is 0.338 e. The second-order valence-corrected chi connectivity index (χ2v) is 11.7. The third-order valence-electron chi connectivity index (χ3n) is 8.28. The lowest BCUT2D eigenvalue weighted by Crippen LogP contribution is -2.34. The summed E-state index contributed by atoms with van der Waals surface area (Å²) >= 11 is 0. The Morgan fingerprint density at radius 2 is 1.51 bits per heavy atom. The largest absolute Gasteiger partial charge is 0.462 e. The summed E-state index contributed by atoms with van der Waals surface area (Å²) in [7, 11) is 0. The van der Waals surface area contributed by atoms with Crippen molar-refractivity contribution in [2.75, 3.05) is 6.61 Å². The zero-order valence-electron chi connectivity index (χ0n) is 23.4. The molecule has 190 valence electrons. The molecular formula is C33H46O2. The van der Waals surface area contributed by atoms with Gasteiger partial charge in [-0.1, -0.05) is 84.7 Å². The van der Waals surface area contributed by atoms with Gasteiger partial charge in [0.25, 0.3) is 0 Å². The van der Waals surface area contributed by atoms with Gasteiger partial charge in [-0.3, -0.25) is 0 Å². The Kier molecular flexibility index (Phi) is 8.67. The van der Waals surface area contributed by atoms with E-state index in [1.54, 1.807) is 5.56 Å². The molecule has 0 heterocycles. The van der Waals surface area contributed by atoms with Gasteiger partial charge >= 0.3 is 5.97 Å². The van der Waals surface area contributed by atoms with E-state index >= 15 is 0 Å². The topological polar surface area (TPSA) is 26.3 Å². The monoisotopic (exact) mass is 474 g/mol. The lowest BCUT2D eigenvalue weighted by Gasteiger charge is -2.42. The molecule has 0 atom stereocenters. The number of benzene rings is 2. The summed E-state index contributed by atoms with van der Waals surface area (Å²) < 4.78 is 5.13. The number of hydrogen-bond acceptors (Lipinski definition) is 2. The molecule has 0 aromatic heterocycles. The molecule has 0 amide bonds. The molecule has 0 saturated heterocycles. The van der Waals surface area contributed by atoms with Crippen molar-refractivity contribution < 1.29 is 9.53 Å². The van der Waals surface area contributed by atoms with Crippen LogP contribution in [0.5, 0.6) is 0 Å². The first-order valence-corrected chi connectivity index (χ1v) is 13.7. The highest BCUT2D eigenvalue weighted by atomic mass is 16.5. The second-order valence-electron chi connectivity index (χ2n) is 11.7. The first-order chi connectivity index (χ1) is 16.5. The Labute approximate surface area is 214 Å².